The van der Waals surface area contributed by atoms with Gasteiger partial charge in [0.05, 0.1) is 11.3 Å². The maximum absolute atomic E-state index is 5.88. The van der Waals surface area contributed by atoms with Crippen molar-refractivity contribution in [2.75, 3.05) is 23.7 Å². The van der Waals surface area contributed by atoms with Crippen LogP contribution >= 0.6 is 11.5 Å². The minimum Gasteiger partial charge on any atom is -0.389 e. The summed E-state index contributed by atoms with van der Waals surface area (Å²) in [6, 6.07) is 0. The predicted octanol–water partition coefficient (Wildman–Crippen LogP) is 2.07. The molecule has 7 heteroatoms. The largest absolute Gasteiger partial charge is 0.389 e. The number of aryl methyl sites for hydroxylation is 1. The van der Waals surface area contributed by atoms with E-state index in [1.807, 2.05) is 6.92 Å². The SMILES string of the molecule is Cc1nsc(N)c1-c1nc(N2CCCCC2)no1. The molecule has 1 fully saturated rings. The zero-order valence-electron chi connectivity index (χ0n) is 10.2. The van der Waals surface area contributed by atoms with E-state index >= 15 is 0 Å². The molecule has 0 aliphatic carbocycles. The molecule has 3 heterocycles. The lowest BCUT2D eigenvalue weighted by molar-refractivity contribution is 0.426. The van der Waals surface area contributed by atoms with Crippen molar-refractivity contribution in [2.45, 2.75) is 26.2 Å². The Kier molecular flexibility index (Phi) is 2.91. The molecule has 0 atom stereocenters. The predicted molar refractivity (Wildman–Crippen MR) is 70.6 cm³/mol. The summed E-state index contributed by atoms with van der Waals surface area (Å²) in [7, 11) is 0. The minimum atomic E-state index is 0.472. The van der Waals surface area contributed by atoms with Crippen molar-refractivity contribution in [1.29, 1.82) is 0 Å². The molecule has 3 rings (SSSR count). The van der Waals surface area contributed by atoms with Crippen LogP contribution in [0.4, 0.5) is 10.9 Å². The van der Waals surface area contributed by atoms with Crippen LogP contribution in [0.1, 0.15) is 25.0 Å². The van der Waals surface area contributed by atoms with Crippen LogP contribution in [0.25, 0.3) is 11.5 Å². The van der Waals surface area contributed by atoms with Crippen molar-refractivity contribution in [3.8, 4) is 11.5 Å². The van der Waals surface area contributed by atoms with Crippen LogP contribution in [0, 0.1) is 6.92 Å². The van der Waals surface area contributed by atoms with Gasteiger partial charge in [0, 0.05) is 13.1 Å². The van der Waals surface area contributed by atoms with Gasteiger partial charge >= 0.3 is 0 Å². The maximum atomic E-state index is 5.88. The summed E-state index contributed by atoms with van der Waals surface area (Å²) >= 11 is 1.26. The molecule has 18 heavy (non-hydrogen) atoms. The van der Waals surface area contributed by atoms with Crippen molar-refractivity contribution in [2.24, 2.45) is 0 Å². The van der Waals surface area contributed by atoms with Crippen molar-refractivity contribution in [1.82, 2.24) is 14.5 Å². The summed E-state index contributed by atoms with van der Waals surface area (Å²) < 4.78 is 9.50. The summed E-state index contributed by atoms with van der Waals surface area (Å²) in [5, 5.41) is 4.67. The van der Waals surface area contributed by atoms with Crippen LogP contribution in [0.5, 0.6) is 0 Å². The van der Waals surface area contributed by atoms with Gasteiger partial charge in [0.2, 0.25) is 0 Å². The van der Waals surface area contributed by atoms with Gasteiger partial charge in [-0.1, -0.05) is 0 Å². The fourth-order valence-corrected chi connectivity index (χ4v) is 2.84. The van der Waals surface area contributed by atoms with E-state index in [2.05, 4.69) is 19.4 Å². The zero-order valence-corrected chi connectivity index (χ0v) is 11.0. The monoisotopic (exact) mass is 265 g/mol. The molecule has 96 valence electrons. The first-order valence-electron chi connectivity index (χ1n) is 6.06. The van der Waals surface area contributed by atoms with Crippen LogP contribution < -0.4 is 10.6 Å². The Hall–Kier alpha value is -1.63. The van der Waals surface area contributed by atoms with Gasteiger partial charge in [-0.25, -0.2) is 0 Å². The summed E-state index contributed by atoms with van der Waals surface area (Å²) in [6.07, 6.45) is 3.65. The summed E-state index contributed by atoms with van der Waals surface area (Å²) in [6.45, 7) is 3.89. The van der Waals surface area contributed by atoms with Gasteiger partial charge in [0.15, 0.2) is 0 Å². The Labute approximate surface area is 109 Å². The number of hydrogen-bond acceptors (Lipinski definition) is 7. The van der Waals surface area contributed by atoms with Crippen LogP contribution in [-0.2, 0) is 0 Å². The third-order valence-electron chi connectivity index (χ3n) is 3.16. The first kappa shape index (κ1) is 11.5. The van der Waals surface area contributed by atoms with Gasteiger partial charge in [-0.15, -0.1) is 0 Å². The molecule has 0 bridgehead atoms. The van der Waals surface area contributed by atoms with Gasteiger partial charge in [-0.05, 0) is 42.9 Å². The topological polar surface area (TPSA) is 81.1 Å². The summed E-state index contributed by atoms with van der Waals surface area (Å²) in [5.74, 6) is 1.13. The van der Waals surface area contributed by atoms with Gasteiger partial charge in [0.1, 0.15) is 5.00 Å². The fourth-order valence-electron chi connectivity index (χ4n) is 2.19. The molecule has 0 saturated carbocycles. The molecule has 1 aliphatic rings. The Morgan fingerprint density at radius 3 is 2.72 bits per heavy atom. The Bertz CT molecular complexity index is 524. The van der Waals surface area contributed by atoms with E-state index in [1.54, 1.807) is 0 Å². The third-order valence-corrected chi connectivity index (χ3v) is 3.92. The van der Waals surface area contributed by atoms with E-state index in [1.165, 1.54) is 30.8 Å². The van der Waals surface area contributed by atoms with Gasteiger partial charge in [0.25, 0.3) is 11.8 Å². The Balaban J connectivity index is 1.89. The Morgan fingerprint density at radius 1 is 1.28 bits per heavy atom. The van der Waals surface area contributed by atoms with Crippen molar-refractivity contribution >= 4 is 22.5 Å². The lowest BCUT2D eigenvalue weighted by Gasteiger charge is -2.24. The normalized spacial score (nSPS) is 16.2. The first-order valence-corrected chi connectivity index (χ1v) is 6.84. The average Bonchev–Trinajstić information content (AvgIpc) is 2.98. The van der Waals surface area contributed by atoms with Gasteiger partial charge in [-0.3, -0.25) is 0 Å². The van der Waals surface area contributed by atoms with E-state index in [9.17, 15) is 0 Å². The van der Waals surface area contributed by atoms with E-state index in [0.29, 0.717) is 16.8 Å². The minimum absolute atomic E-state index is 0.472. The molecular weight excluding hydrogens is 250 g/mol. The van der Waals surface area contributed by atoms with E-state index < -0.39 is 0 Å². The Morgan fingerprint density at radius 2 is 2.06 bits per heavy atom. The molecule has 0 radical (unpaired) electrons. The van der Waals surface area contributed by atoms with Crippen molar-refractivity contribution in [3.05, 3.63) is 5.69 Å². The zero-order chi connectivity index (χ0) is 12.5. The molecule has 2 aromatic heterocycles. The number of hydrogen-bond donors (Lipinski definition) is 1. The first-order chi connectivity index (χ1) is 8.75. The molecule has 1 aliphatic heterocycles. The number of piperidine rings is 1. The molecule has 0 spiro atoms. The quantitative estimate of drug-likeness (QED) is 0.895. The highest BCUT2D eigenvalue weighted by Crippen LogP contribution is 2.32. The van der Waals surface area contributed by atoms with Crippen molar-refractivity contribution in [3.63, 3.8) is 0 Å². The smallest absolute Gasteiger partial charge is 0.266 e. The summed E-state index contributed by atoms with van der Waals surface area (Å²) in [4.78, 5) is 6.59. The highest BCUT2D eigenvalue weighted by molar-refractivity contribution is 7.10. The molecule has 6 nitrogen and oxygen atoms in total. The van der Waals surface area contributed by atoms with Crippen LogP contribution in [0.3, 0.4) is 0 Å². The number of anilines is 2. The highest BCUT2D eigenvalue weighted by atomic mass is 32.1. The molecule has 2 N–H and O–H groups in total. The van der Waals surface area contributed by atoms with E-state index in [4.69, 9.17) is 10.3 Å². The molecule has 0 aromatic carbocycles. The van der Waals surface area contributed by atoms with Gasteiger partial charge < -0.3 is 15.2 Å². The number of rotatable bonds is 2. The van der Waals surface area contributed by atoms with Crippen LogP contribution in [-0.4, -0.2) is 27.6 Å². The highest BCUT2D eigenvalue weighted by Gasteiger charge is 2.21. The number of nitrogen functional groups attached to an aromatic ring is 1. The standard InChI is InChI=1S/C11H15N5OS/c1-7-8(9(12)18-15-7)10-13-11(14-17-10)16-5-3-2-4-6-16/h2-6,12H2,1H3. The lowest BCUT2D eigenvalue weighted by Crippen LogP contribution is -2.30. The van der Waals surface area contributed by atoms with E-state index in [0.717, 1.165) is 24.3 Å². The molecule has 0 amide bonds. The second-order valence-corrected chi connectivity index (χ2v) is 5.26. The second kappa shape index (κ2) is 4.56. The van der Waals surface area contributed by atoms with E-state index in [-0.39, 0.29) is 0 Å². The number of nitrogens with zero attached hydrogens (tertiary/aromatic N) is 4. The van der Waals surface area contributed by atoms with Crippen LogP contribution in [0.15, 0.2) is 4.52 Å². The summed E-state index contributed by atoms with van der Waals surface area (Å²) in [5.41, 5.74) is 7.49. The fraction of sp³-hybridized carbons (Fsp3) is 0.545. The average molecular weight is 265 g/mol. The second-order valence-electron chi connectivity index (χ2n) is 4.45. The molecule has 1 saturated heterocycles. The third kappa shape index (κ3) is 1.94. The number of aromatic nitrogens is 3. The van der Waals surface area contributed by atoms with Crippen LogP contribution in [0.2, 0.25) is 0 Å². The molecule has 0 unspecified atom stereocenters. The maximum Gasteiger partial charge on any atom is 0.266 e. The number of nitrogens with two attached hydrogens (primary N) is 1. The lowest BCUT2D eigenvalue weighted by atomic mass is 10.1. The molecule has 2 aromatic rings. The van der Waals surface area contributed by atoms with Gasteiger partial charge in [-0.2, -0.15) is 9.36 Å². The molecular formula is C11H15N5OS. The van der Waals surface area contributed by atoms with Crippen molar-refractivity contribution < 1.29 is 4.52 Å².